The number of rotatable bonds is 4. The molecule has 2 aromatic carbocycles. The van der Waals surface area contributed by atoms with Crippen LogP contribution in [-0.4, -0.2) is 0 Å². The monoisotopic (exact) mass is 350 g/mol. The minimum atomic E-state index is 0.0113. The van der Waals surface area contributed by atoms with Crippen LogP contribution in [0.3, 0.4) is 0 Å². The molecule has 3 rings (SSSR count). The van der Waals surface area contributed by atoms with Gasteiger partial charge in [-0.2, -0.15) is 10.5 Å². The van der Waals surface area contributed by atoms with E-state index in [2.05, 4.69) is 62.4 Å². The fraction of sp³-hybridized carbons (Fsp3) is 0.0833. The Kier molecular flexibility index (Phi) is 5.36. The van der Waals surface area contributed by atoms with Crippen molar-refractivity contribution in [1.29, 1.82) is 10.5 Å². The zero-order valence-electron chi connectivity index (χ0n) is 15.2. The molecule has 0 fully saturated rings. The number of hydrogen-bond donors (Lipinski definition) is 0. The van der Waals surface area contributed by atoms with Gasteiger partial charge in [0.15, 0.2) is 0 Å². The molecule has 0 aliphatic heterocycles. The molecule has 0 amide bonds. The van der Waals surface area contributed by atoms with Crippen molar-refractivity contribution in [2.45, 2.75) is 13.8 Å². The van der Waals surface area contributed by atoms with Crippen molar-refractivity contribution in [2.24, 2.45) is 0 Å². The largest absolute Gasteiger partial charge is 0.457 e. The number of allylic oxidation sites excluding steroid dienone is 1. The Morgan fingerprint density at radius 2 is 1.15 bits per heavy atom. The summed E-state index contributed by atoms with van der Waals surface area (Å²) in [6.45, 7) is 4.12. The van der Waals surface area contributed by atoms with Crippen LogP contribution in [0, 0.1) is 36.5 Å². The van der Waals surface area contributed by atoms with Crippen LogP contribution >= 0.6 is 0 Å². The van der Waals surface area contributed by atoms with Crippen molar-refractivity contribution < 1.29 is 4.42 Å². The maximum atomic E-state index is 8.89. The van der Waals surface area contributed by atoms with Crippen LogP contribution in [0.1, 0.15) is 33.8 Å². The Morgan fingerprint density at radius 3 is 1.59 bits per heavy atom. The average Bonchev–Trinajstić information content (AvgIpc) is 3.13. The molecule has 0 N–H and O–H groups in total. The number of aryl methyl sites for hydroxylation is 2. The lowest BCUT2D eigenvalue weighted by molar-refractivity contribution is 0.547. The number of benzene rings is 2. The number of furan rings is 1. The molecule has 0 unspecified atom stereocenters. The third-order valence-electron chi connectivity index (χ3n) is 4.19. The minimum absolute atomic E-state index is 0.0113. The standard InChI is InChI=1S/C24H18N2O/c1-17-3-7-20(8-4-17)24(21-9-5-18(2)6-10-21)14-23-12-11-22(27-23)13-19(15-25)16-26/h3-14H,1-2H3. The van der Waals surface area contributed by atoms with Crippen molar-refractivity contribution >= 4 is 17.7 Å². The van der Waals surface area contributed by atoms with Crippen molar-refractivity contribution in [2.75, 3.05) is 0 Å². The highest BCUT2D eigenvalue weighted by molar-refractivity contribution is 5.90. The molecule has 3 nitrogen and oxygen atoms in total. The van der Waals surface area contributed by atoms with Gasteiger partial charge in [-0.1, -0.05) is 59.7 Å². The van der Waals surface area contributed by atoms with E-state index in [9.17, 15) is 0 Å². The second-order valence-corrected chi connectivity index (χ2v) is 6.31. The molecule has 3 aromatic rings. The van der Waals surface area contributed by atoms with E-state index in [1.807, 2.05) is 24.3 Å². The van der Waals surface area contributed by atoms with E-state index >= 15 is 0 Å². The molecule has 1 aromatic heterocycles. The van der Waals surface area contributed by atoms with Crippen molar-refractivity contribution in [3.8, 4) is 12.1 Å². The zero-order chi connectivity index (χ0) is 19.2. The molecule has 3 heteroatoms. The van der Waals surface area contributed by atoms with Crippen LogP contribution in [0.25, 0.3) is 17.7 Å². The summed E-state index contributed by atoms with van der Waals surface area (Å²) in [6, 6.07) is 24.0. The first-order valence-corrected chi connectivity index (χ1v) is 8.56. The summed E-state index contributed by atoms with van der Waals surface area (Å²) in [5.41, 5.74) is 5.64. The van der Waals surface area contributed by atoms with Crippen LogP contribution in [0.2, 0.25) is 0 Å². The maximum Gasteiger partial charge on any atom is 0.133 e. The predicted molar refractivity (Wildman–Crippen MR) is 107 cm³/mol. The summed E-state index contributed by atoms with van der Waals surface area (Å²) in [5.74, 6) is 1.14. The van der Waals surface area contributed by atoms with Gasteiger partial charge in [-0.15, -0.1) is 0 Å². The van der Waals surface area contributed by atoms with Gasteiger partial charge in [-0.05, 0) is 48.8 Å². The Morgan fingerprint density at radius 1 is 0.704 bits per heavy atom. The molecule has 27 heavy (non-hydrogen) atoms. The Balaban J connectivity index is 2.06. The first-order valence-electron chi connectivity index (χ1n) is 8.56. The summed E-state index contributed by atoms with van der Waals surface area (Å²) >= 11 is 0. The second-order valence-electron chi connectivity index (χ2n) is 6.31. The molecule has 0 radical (unpaired) electrons. The smallest absolute Gasteiger partial charge is 0.133 e. The van der Waals surface area contributed by atoms with Gasteiger partial charge in [-0.3, -0.25) is 0 Å². The van der Waals surface area contributed by atoms with Gasteiger partial charge in [-0.25, -0.2) is 0 Å². The lowest BCUT2D eigenvalue weighted by Crippen LogP contribution is -1.89. The van der Waals surface area contributed by atoms with E-state index < -0.39 is 0 Å². The van der Waals surface area contributed by atoms with Crippen LogP contribution in [0.15, 0.2) is 70.7 Å². The summed E-state index contributed by atoms with van der Waals surface area (Å²) in [6.07, 6.45) is 3.42. The van der Waals surface area contributed by atoms with Gasteiger partial charge in [0.1, 0.15) is 29.2 Å². The highest BCUT2D eigenvalue weighted by atomic mass is 16.3. The van der Waals surface area contributed by atoms with Crippen molar-refractivity contribution in [1.82, 2.24) is 0 Å². The van der Waals surface area contributed by atoms with Crippen molar-refractivity contribution in [3.05, 3.63) is 100 Å². The Hall–Kier alpha value is -3.82. The molecule has 0 saturated carbocycles. The second kappa shape index (κ2) is 8.04. The van der Waals surface area contributed by atoms with Crippen molar-refractivity contribution in [3.63, 3.8) is 0 Å². The minimum Gasteiger partial charge on any atom is -0.457 e. The average molecular weight is 350 g/mol. The van der Waals surface area contributed by atoms with Gasteiger partial charge in [0, 0.05) is 6.08 Å². The summed E-state index contributed by atoms with van der Waals surface area (Å²) in [5, 5.41) is 17.8. The number of nitrogens with zero attached hydrogens (tertiary/aromatic N) is 2. The molecule has 0 aliphatic carbocycles. The first kappa shape index (κ1) is 18.0. The molecule has 130 valence electrons. The van der Waals surface area contributed by atoms with Crippen LogP contribution in [0.5, 0.6) is 0 Å². The van der Waals surface area contributed by atoms with E-state index in [0.717, 1.165) is 16.7 Å². The van der Waals surface area contributed by atoms with E-state index in [-0.39, 0.29) is 5.57 Å². The summed E-state index contributed by atoms with van der Waals surface area (Å²) in [7, 11) is 0. The molecule has 0 aliphatic rings. The van der Waals surface area contributed by atoms with E-state index in [4.69, 9.17) is 14.9 Å². The topological polar surface area (TPSA) is 60.7 Å². The normalized spacial score (nSPS) is 9.78. The molecule has 0 spiro atoms. The molecular formula is C24H18N2O. The van der Waals surface area contributed by atoms with E-state index in [1.165, 1.54) is 17.2 Å². The molecule has 0 saturated heterocycles. The number of nitriles is 2. The third kappa shape index (κ3) is 4.42. The fourth-order valence-corrected chi connectivity index (χ4v) is 2.70. The third-order valence-corrected chi connectivity index (χ3v) is 4.19. The molecule has 1 heterocycles. The SMILES string of the molecule is Cc1ccc(C(=Cc2ccc(C=C(C#N)C#N)o2)c2ccc(C)cc2)cc1. The van der Waals surface area contributed by atoms with Gasteiger partial charge in [0.05, 0.1) is 0 Å². The van der Waals surface area contributed by atoms with E-state index in [0.29, 0.717) is 11.5 Å². The lowest BCUT2D eigenvalue weighted by Gasteiger charge is -2.09. The van der Waals surface area contributed by atoms with Gasteiger partial charge in [0.2, 0.25) is 0 Å². The van der Waals surface area contributed by atoms with Crippen LogP contribution < -0.4 is 0 Å². The highest BCUT2D eigenvalue weighted by Gasteiger charge is 2.08. The van der Waals surface area contributed by atoms with Crippen LogP contribution in [0.4, 0.5) is 0 Å². The lowest BCUT2D eigenvalue weighted by atomic mass is 9.95. The van der Waals surface area contributed by atoms with Gasteiger partial charge in [0.25, 0.3) is 0 Å². The van der Waals surface area contributed by atoms with Gasteiger partial charge < -0.3 is 4.42 Å². The summed E-state index contributed by atoms with van der Waals surface area (Å²) in [4.78, 5) is 0. The van der Waals surface area contributed by atoms with E-state index in [1.54, 1.807) is 6.07 Å². The predicted octanol–water partition coefficient (Wildman–Crippen LogP) is 5.92. The quantitative estimate of drug-likeness (QED) is 0.549. The molecular weight excluding hydrogens is 332 g/mol. The van der Waals surface area contributed by atoms with Crippen LogP contribution in [-0.2, 0) is 0 Å². The molecule has 0 bridgehead atoms. The Bertz CT molecular complexity index is 1020. The Labute approximate surface area is 159 Å². The number of hydrogen-bond acceptors (Lipinski definition) is 3. The first-order chi connectivity index (χ1) is 13.1. The fourth-order valence-electron chi connectivity index (χ4n) is 2.70. The zero-order valence-corrected chi connectivity index (χ0v) is 15.2. The molecule has 0 atom stereocenters. The maximum absolute atomic E-state index is 8.89. The highest BCUT2D eigenvalue weighted by Crippen LogP contribution is 2.27. The summed E-state index contributed by atoms with van der Waals surface area (Å²) < 4.78 is 5.78. The van der Waals surface area contributed by atoms with Gasteiger partial charge >= 0.3 is 0 Å².